The molecule has 0 saturated heterocycles. The molecule has 2 N–H and O–H groups in total. The molecule has 0 fully saturated rings. The summed E-state index contributed by atoms with van der Waals surface area (Å²) in [5.41, 5.74) is 3.41. The highest BCUT2D eigenvalue weighted by Gasteiger charge is 2.16. The number of hydrogen-bond acceptors (Lipinski definition) is 4. The lowest BCUT2D eigenvalue weighted by Crippen LogP contribution is -2.30. The Kier molecular flexibility index (Phi) is 6.00. The minimum absolute atomic E-state index is 0.231. The van der Waals surface area contributed by atoms with Crippen LogP contribution in [0.2, 0.25) is 0 Å². The van der Waals surface area contributed by atoms with Crippen molar-refractivity contribution in [3.05, 3.63) is 53.6 Å². The first-order valence-electron chi connectivity index (χ1n) is 7.89. The Morgan fingerprint density at radius 1 is 1.00 bits per heavy atom. The van der Waals surface area contributed by atoms with Crippen molar-refractivity contribution in [2.45, 2.75) is 26.9 Å². The molecule has 0 aliphatic rings. The molecule has 0 saturated carbocycles. The molecule has 2 aromatic rings. The van der Waals surface area contributed by atoms with Crippen LogP contribution in [0, 0.1) is 13.8 Å². The van der Waals surface area contributed by atoms with Crippen LogP contribution in [0.4, 0.5) is 16.2 Å². The van der Waals surface area contributed by atoms with Gasteiger partial charge in [0.15, 0.2) is 6.10 Å². The van der Waals surface area contributed by atoms with E-state index in [1.54, 1.807) is 31.2 Å². The van der Waals surface area contributed by atoms with Crippen molar-refractivity contribution < 1.29 is 19.1 Å². The molecule has 0 unspecified atom stereocenters. The number of hydrogen-bond donors (Lipinski definition) is 2. The van der Waals surface area contributed by atoms with Crippen LogP contribution in [0.3, 0.4) is 0 Å². The van der Waals surface area contributed by atoms with Crippen molar-refractivity contribution in [3.63, 3.8) is 0 Å². The smallest absolute Gasteiger partial charge is 0.411 e. The highest BCUT2D eigenvalue weighted by molar-refractivity contribution is 5.94. The van der Waals surface area contributed by atoms with Crippen LogP contribution in [0.25, 0.3) is 0 Å². The Morgan fingerprint density at radius 3 is 2.32 bits per heavy atom. The van der Waals surface area contributed by atoms with E-state index in [0.29, 0.717) is 11.4 Å². The molecule has 0 aliphatic carbocycles. The van der Waals surface area contributed by atoms with Crippen LogP contribution in [-0.2, 0) is 9.53 Å². The van der Waals surface area contributed by atoms with E-state index in [2.05, 4.69) is 15.4 Å². The van der Waals surface area contributed by atoms with E-state index in [9.17, 15) is 9.59 Å². The van der Waals surface area contributed by atoms with Gasteiger partial charge in [-0.2, -0.15) is 0 Å². The zero-order valence-electron chi connectivity index (χ0n) is 14.8. The largest absolute Gasteiger partial charge is 0.481 e. The second-order valence-corrected chi connectivity index (χ2v) is 5.71. The maximum atomic E-state index is 12.3. The summed E-state index contributed by atoms with van der Waals surface area (Å²) in [7, 11) is 1.29. The molecule has 2 rings (SSSR count). The summed E-state index contributed by atoms with van der Waals surface area (Å²) in [6.45, 7) is 5.59. The molecule has 132 valence electrons. The molecule has 6 heteroatoms. The van der Waals surface area contributed by atoms with E-state index in [-0.39, 0.29) is 5.91 Å². The van der Waals surface area contributed by atoms with Crippen LogP contribution in [-0.4, -0.2) is 25.2 Å². The molecule has 0 spiro atoms. The number of aryl methyl sites for hydroxylation is 2. The predicted octanol–water partition coefficient (Wildman–Crippen LogP) is 3.89. The minimum Gasteiger partial charge on any atom is -0.481 e. The van der Waals surface area contributed by atoms with Gasteiger partial charge in [0.05, 0.1) is 7.11 Å². The lowest BCUT2D eigenvalue weighted by atomic mass is 10.1. The molecule has 25 heavy (non-hydrogen) atoms. The van der Waals surface area contributed by atoms with Gasteiger partial charge in [-0.1, -0.05) is 12.1 Å². The summed E-state index contributed by atoms with van der Waals surface area (Å²) < 4.78 is 10.2. The average molecular weight is 342 g/mol. The fraction of sp³-hybridized carbons (Fsp3) is 0.263. The van der Waals surface area contributed by atoms with Crippen molar-refractivity contribution in [2.75, 3.05) is 17.7 Å². The number of ether oxygens (including phenoxy) is 2. The van der Waals surface area contributed by atoms with Crippen LogP contribution in [0.15, 0.2) is 42.5 Å². The Bertz CT molecular complexity index is 757. The van der Waals surface area contributed by atoms with E-state index in [1.165, 1.54) is 7.11 Å². The molecule has 1 atom stereocenters. The average Bonchev–Trinajstić information content (AvgIpc) is 2.59. The summed E-state index contributed by atoms with van der Waals surface area (Å²) in [6, 6.07) is 12.6. The quantitative estimate of drug-likeness (QED) is 0.864. The zero-order chi connectivity index (χ0) is 18.4. The number of methoxy groups -OCH3 is 1. The van der Waals surface area contributed by atoms with E-state index < -0.39 is 12.2 Å². The van der Waals surface area contributed by atoms with Gasteiger partial charge in [-0.15, -0.1) is 0 Å². The van der Waals surface area contributed by atoms with Crippen LogP contribution < -0.4 is 15.4 Å². The molecule has 6 nitrogen and oxygen atoms in total. The molecule has 0 aromatic heterocycles. The third kappa shape index (κ3) is 5.24. The normalized spacial score (nSPS) is 11.4. The lowest BCUT2D eigenvalue weighted by molar-refractivity contribution is -0.122. The highest BCUT2D eigenvalue weighted by Crippen LogP contribution is 2.19. The number of nitrogens with one attached hydrogen (secondary N) is 2. The molecule has 0 bridgehead atoms. The molecule has 0 aliphatic heterocycles. The number of carbonyl (C=O) groups excluding carboxylic acids is 2. The third-order valence-corrected chi connectivity index (χ3v) is 3.62. The van der Waals surface area contributed by atoms with Crippen LogP contribution in [0.5, 0.6) is 5.75 Å². The van der Waals surface area contributed by atoms with Crippen molar-refractivity contribution in [1.82, 2.24) is 0 Å². The molecule has 0 heterocycles. The van der Waals surface area contributed by atoms with Crippen LogP contribution >= 0.6 is 0 Å². The number of amides is 2. The van der Waals surface area contributed by atoms with Gasteiger partial charge in [-0.05, 0) is 62.2 Å². The lowest BCUT2D eigenvalue weighted by Gasteiger charge is -2.16. The van der Waals surface area contributed by atoms with Gasteiger partial charge in [0.1, 0.15) is 5.75 Å². The summed E-state index contributed by atoms with van der Waals surface area (Å²) in [5, 5.41) is 5.42. The summed E-state index contributed by atoms with van der Waals surface area (Å²) in [4.78, 5) is 23.5. The van der Waals surface area contributed by atoms with Gasteiger partial charge in [0.2, 0.25) is 0 Å². The van der Waals surface area contributed by atoms with Gasteiger partial charge in [-0.3, -0.25) is 10.1 Å². The monoisotopic (exact) mass is 342 g/mol. The van der Waals surface area contributed by atoms with E-state index in [0.717, 1.165) is 16.8 Å². The van der Waals surface area contributed by atoms with Crippen molar-refractivity contribution in [1.29, 1.82) is 0 Å². The number of benzene rings is 2. The first-order chi connectivity index (χ1) is 11.9. The summed E-state index contributed by atoms with van der Waals surface area (Å²) >= 11 is 0. The Balaban J connectivity index is 1.96. The maximum absolute atomic E-state index is 12.3. The maximum Gasteiger partial charge on any atom is 0.411 e. The first kappa shape index (κ1) is 18.3. The molecule has 0 radical (unpaired) electrons. The van der Waals surface area contributed by atoms with Crippen molar-refractivity contribution in [2.24, 2.45) is 0 Å². The summed E-state index contributed by atoms with van der Waals surface area (Å²) in [5.74, 6) is 0.296. The van der Waals surface area contributed by atoms with Crippen molar-refractivity contribution in [3.8, 4) is 5.75 Å². The number of anilines is 2. The first-order valence-corrected chi connectivity index (χ1v) is 7.89. The van der Waals surface area contributed by atoms with E-state index in [4.69, 9.17) is 4.74 Å². The van der Waals surface area contributed by atoms with Gasteiger partial charge in [0, 0.05) is 11.4 Å². The van der Waals surface area contributed by atoms with Gasteiger partial charge in [0.25, 0.3) is 5.91 Å². The van der Waals surface area contributed by atoms with Gasteiger partial charge >= 0.3 is 6.09 Å². The van der Waals surface area contributed by atoms with Gasteiger partial charge < -0.3 is 14.8 Å². The van der Waals surface area contributed by atoms with E-state index in [1.807, 2.05) is 32.0 Å². The Labute approximate surface area is 147 Å². The molecule has 2 amide bonds. The topological polar surface area (TPSA) is 76.7 Å². The number of rotatable bonds is 5. The second-order valence-electron chi connectivity index (χ2n) is 5.71. The van der Waals surface area contributed by atoms with Crippen LogP contribution in [0.1, 0.15) is 18.1 Å². The zero-order valence-corrected chi connectivity index (χ0v) is 14.8. The van der Waals surface area contributed by atoms with E-state index >= 15 is 0 Å². The second kappa shape index (κ2) is 8.19. The predicted molar refractivity (Wildman–Crippen MR) is 97.1 cm³/mol. The third-order valence-electron chi connectivity index (χ3n) is 3.62. The fourth-order valence-electron chi connectivity index (χ4n) is 2.15. The summed E-state index contributed by atoms with van der Waals surface area (Å²) in [6.07, 6.45) is -1.21. The van der Waals surface area contributed by atoms with Crippen molar-refractivity contribution >= 4 is 23.4 Å². The standard InChI is InChI=1S/C19H22N2O4/c1-12-5-6-13(2)17(11-12)21-18(22)14(3)25-16-9-7-15(8-10-16)20-19(23)24-4/h5-11,14H,1-4H3,(H,20,23)(H,21,22)/t14-/m1/s1. The van der Waals surface area contributed by atoms with Gasteiger partial charge in [-0.25, -0.2) is 4.79 Å². The Morgan fingerprint density at radius 2 is 1.68 bits per heavy atom. The molecular weight excluding hydrogens is 320 g/mol. The Hall–Kier alpha value is -3.02. The minimum atomic E-state index is -0.667. The fourth-order valence-corrected chi connectivity index (χ4v) is 2.15. The molecular formula is C19H22N2O4. The molecule has 2 aromatic carbocycles. The highest BCUT2D eigenvalue weighted by atomic mass is 16.5. The number of carbonyl (C=O) groups is 2. The SMILES string of the molecule is COC(=O)Nc1ccc(O[C@H](C)C(=O)Nc2cc(C)ccc2C)cc1.